The summed E-state index contributed by atoms with van der Waals surface area (Å²) in [5, 5.41) is 0.793. The smallest absolute Gasteiger partial charge is 0.297 e. The Bertz CT molecular complexity index is 1750. The van der Waals surface area contributed by atoms with Crippen LogP contribution < -0.4 is 5.56 Å². The summed E-state index contributed by atoms with van der Waals surface area (Å²) < 4.78 is 42.1. The molecule has 0 aliphatic carbocycles. The molecular formula is C24H23N5O5S. The van der Waals surface area contributed by atoms with Gasteiger partial charge in [0.2, 0.25) is 15.6 Å². The van der Waals surface area contributed by atoms with Crippen molar-refractivity contribution in [1.82, 2.24) is 23.4 Å². The Kier molecular flexibility index (Phi) is 5.20. The predicted molar refractivity (Wildman–Crippen MR) is 130 cm³/mol. The summed E-state index contributed by atoms with van der Waals surface area (Å²) in [7, 11) is -3.64. The minimum absolute atomic E-state index is 0.173. The quantitative estimate of drug-likeness (QED) is 0.370. The third-order valence-electron chi connectivity index (χ3n) is 6.39. The Labute approximate surface area is 200 Å². The second-order valence-corrected chi connectivity index (χ2v) is 10.3. The fourth-order valence-electron chi connectivity index (χ4n) is 4.61. The third-order valence-corrected chi connectivity index (χ3v) is 8.28. The largest absolute Gasteiger partial charge is 0.448 e. The van der Waals surface area contributed by atoms with Crippen LogP contribution in [0, 0.1) is 0 Å². The molecule has 0 spiro atoms. The Hall–Kier alpha value is -3.54. The molecular weight excluding hydrogens is 470 g/mol. The van der Waals surface area contributed by atoms with Crippen molar-refractivity contribution in [3.63, 3.8) is 0 Å². The van der Waals surface area contributed by atoms with Crippen molar-refractivity contribution < 1.29 is 17.6 Å². The van der Waals surface area contributed by atoms with Gasteiger partial charge in [-0.05, 0) is 37.3 Å². The summed E-state index contributed by atoms with van der Waals surface area (Å²) in [5.74, 6) is 0.628. The van der Waals surface area contributed by atoms with Crippen LogP contribution >= 0.6 is 0 Å². The molecule has 11 heteroatoms. The number of imidazole rings is 1. The van der Waals surface area contributed by atoms with Gasteiger partial charge in [0.1, 0.15) is 16.9 Å². The van der Waals surface area contributed by atoms with Gasteiger partial charge in [-0.25, -0.2) is 18.4 Å². The second-order valence-electron chi connectivity index (χ2n) is 8.39. The van der Waals surface area contributed by atoms with Crippen LogP contribution in [0.5, 0.6) is 0 Å². The van der Waals surface area contributed by atoms with Gasteiger partial charge in [0.25, 0.3) is 5.56 Å². The van der Waals surface area contributed by atoms with E-state index in [4.69, 9.17) is 14.1 Å². The maximum Gasteiger partial charge on any atom is 0.297 e. The van der Waals surface area contributed by atoms with E-state index in [0.717, 1.165) is 10.9 Å². The molecule has 4 heterocycles. The molecule has 2 aromatic carbocycles. The molecule has 0 N–H and O–H groups in total. The molecule has 35 heavy (non-hydrogen) atoms. The molecule has 1 saturated heterocycles. The van der Waals surface area contributed by atoms with Crippen LogP contribution in [0.3, 0.4) is 0 Å². The highest BCUT2D eigenvalue weighted by Crippen LogP contribution is 2.26. The van der Waals surface area contributed by atoms with E-state index >= 15 is 0 Å². The summed E-state index contributed by atoms with van der Waals surface area (Å²) in [6, 6.07) is 12.4. The van der Waals surface area contributed by atoms with E-state index < -0.39 is 10.0 Å². The number of furan rings is 1. The summed E-state index contributed by atoms with van der Waals surface area (Å²) in [6.45, 7) is 4.18. The van der Waals surface area contributed by atoms with Crippen molar-refractivity contribution in [2.45, 2.75) is 24.9 Å². The summed E-state index contributed by atoms with van der Waals surface area (Å²) >= 11 is 0. The number of fused-ring (bicyclic) bond motifs is 4. The van der Waals surface area contributed by atoms with E-state index in [-0.39, 0.29) is 22.6 Å². The van der Waals surface area contributed by atoms with Crippen LogP contribution in [-0.2, 0) is 27.8 Å². The lowest BCUT2D eigenvalue weighted by Crippen LogP contribution is -2.40. The molecule has 1 fully saturated rings. The SMILES string of the molecule is CCn1c(Cn2cnc3c(oc4ccccc43)c2=O)nc2cc(S(=O)(=O)N3CCOCC3)ccc21. The zero-order valence-electron chi connectivity index (χ0n) is 19.0. The maximum atomic E-state index is 13.2. The van der Waals surface area contributed by atoms with Crippen LogP contribution in [0.1, 0.15) is 12.7 Å². The van der Waals surface area contributed by atoms with Gasteiger partial charge in [0.15, 0.2) is 0 Å². The molecule has 0 atom stereocenters. The van der Waals surface area contributed by atoms with Gasteiger partial charge >= 0.3 is 0 Å². The lowest BCUT2D eigenvalue weighted by molar-refractivity contribution is 0.0730. The molecule has 0 bridgehead atoms. The van der Waals surface area contributed by atoms with Gasteiger partial charge in [-0.15, -0.1) is 0 Å². The van der Waals surface area contributed by atoms with Crippen LogP contribution in [0.15, 0.2) is 62.9 Å². The first-order chi connectivity index (χ1) is 17.0. The van der Waals surface area contributed by atoms with E-state index in [1.165, 1.54) is 15.2 Å². The van der Waals surface area contributed by atoms with Crippen LogP contribution in [0.4, 0.5) is 0 Å². The second kappa shape index (κ2) is 8.29. The number of hydrogen-bond donors (Lipinski definition) is 0. The minimum Gasteiger partial charge on any atom is -0.448 e. The van der Waals surface area contributed by atoms with Crippen molar-refractivity contribution in [2.24, 2.45) is 0 Å². The Morgan fingerprint density at radius 3 is 2.69 bits per heavy atom. The van der Waals surface area contributed by atoms with Gasteiger partial charge < -0.3 is 13.7 Å². The lowest BCUT2D eigenvalue weighted by atomic mass is 10.2. The number of para-hydroxylation sites is 1. The van der Waals surface area contributed by atoms with Crippen LogP contribution in [0.2, 0.25) is 0 Å². The highest BCUT2D eigenvalue weighted by atomic mass is 32.2. The first-order valence-electron chi connectivity index (χ1n) is 11.4. The molecule has 1 aliphatic rings. The standard InChI is InChI=1S/C24H23N5O5S/c1-2-29-19-8-7-16(35(31,32)28-9-11-33-12-10-28)13-18(19)26-21(29)14-27-15-25-22-17-5-3-4-6-20(17)34-23(22)24(27)30/h3-8,13,15H,2,9-12,14H2,1H3. The Morgan fingerprint density at radius 2 is 1.89 bits per heavy atom. The zero-order chi connectivity index (χ0) is 24.2. The third kappa shape index (κ3) is 3.54. The zero-order valence-corrected chi connectivity index (χ0v) is 19.9. The normalized spacial score (nSPS) is 15.5. The molecule has 10 nitrogen and oxygen atoms in total. The topological polar surface area (TPSA) is 112 Å². The van der Waals surface area contributed by atoms with Crippen molar-refractivity contribution >= 4 is 43.1 Å². The van der Waals surface area contributed by atoms with Crippen molar-refractivity contribution in [1.29, 1.82) is 0 Å². The van der Waals surface area contributed by atoms with Gasteiger partial charge in [-0.1, -0.05) is 12.1 Å². The summed E-state index contributed by atoms with van der Waals surface area (Å²) in [6.07, 6.45) is 1.50. The van der Waals surface area contributed by atoms with Crippen LogP contribution in [0.25, 0.3) is 33.1 Å². The molecule has 3 aromatic heterocycles. The van der Waals surface area contributed by atoms with Gasteiger partial charge in [-0.3, -0.25) is 9.36 Å². The van der Waals surface area contributed by atoms with E-state index in [9.17, 15) is 13.2 Å². The number of ether oxygens (including phenoxy) is 1. The number of rotatable bonds is 5. The maximum absolute atomic E-state index is 13.2. The minimum atomic E-state index is -3.64. The Morgan fingerprint density at radius 1 is 1.09 bits per heavy atom. The number of benzene rings is 2. The predicted octanol–water partition coefficient (Wildman–Crippen LogP) is 2.58. The Balaban J connectivity index is 1.40. The van der Waals surface area contributed by atoms with Crippen molar-refractivity contribution in [3.05, 3.63) is 65.0 Å². The van der Waals surface area contributed by atoms with E-state index in [1.54, 1.807) is 24.3 Å². The molecule has 0 saturated carbocycles. The monoisotopic (exact) mass is 493 g/mol. The van der Waals surface area contributed by atoms with Gasteiger partial charge in [0.05, 0.1) is 42.0 Å². The van der Waals surface area contributed by atoms with Crippen molar-refractivity contribution in [2.75, 3.05) is 26.3 Å². The molecule has 0 amide bonds. The first-order valence-corrected chi connectivity index (χ1v) is 12.8. The van der Waals surface area contributed by atoms with Crippen LogP contribution in [-0.4, -0.2) is 58.1 Å². The van der Waals surface area contributed by atoms with Gasteiger partial charge in [-0.2, -0.15) is 4.31 Å². The number of nitrogens with zero attached hydrogens (tertiary/aromatic N) is 5. The molecule has 0 radical (unpaired) electrons. The highest BCUT2D eigenvalue weighted by Gasteiger charge is 2.27. The number of aryl methyl sites for hydroxylation is 1. The number of sulfonamides is 1. The molecule has 0 unspecified atom stereocenters. The van der Waals surface area contributed by atoms with E-state index in [0.29, 0.717) is 55.3 Å². The number of morpholine rings is 1. The summed E-state index contributed by atoms with van der Waals surface area (Å²) in [4.78, 5) is 22.5. The molecule has 1 aliphatic heterocycles. The average Bonchev–Trinajstić information content (AvgIpc) is 3.44. The van der Waals surface area contributed by atoms with Crippen molar-refractivity contribution in [3.8, 4) is 0 Å². The fourth-order valence-corrected chi connectivity index (χ4v) is 6.04. The van der Waals surface area contributed by atoms with E-state index in [2.05, 4.69) is 4.98 Å². The average molecular weight is 494 g/mol. The summed E-state index contributed by atoms with van der Waals surface area (Å²) in [5.41, 5.74) is 2.41. The van der Waals surface area contributed by atoms with E-state index in [1.807, 2.05) is 29.7 Å². The number of hydrogen-bond acceptors (Lipinski definition) is 7. The highest BCUT2D eigenvalue weighted by molar-refractivity contribution is 7.89. The number of aromatic nitrogens is 4. The lowest BCUT2D eigenvalue weighted by Gasteiger charge is -2.26. The van der Waals surface area contributed by atoms with Gasteiger partial charge in [0, 0.05) is 25.0 Å². The molecule has 5 aromatic rings. The fraction of sp³-hybridized carbons (Fsp3) is 0.292. The molecule has 180 valence electrons. The first kappa shape index (κ1) is 22.0. The molecule has 6 rings (SSSR count).